The molecule has 0 aliphatic heterocycles. The third-order valence-electron chi connectivity index (χ3n) is 8.16. The zero-order valence-electron chi connectivity index (χ0n) is 40.6. The van der Waals surface area contributed by atoms with E-state index in [1.807, 2.05) is 30.3 Å². The van der Waals surface area contributed by atoms with E-state index in [9.17, 15) is 4.11 Å². The number of para-hydroxylation sites is 2. The summed E-state index contributed by atoms with van der Waals surface area (Å²) >= 11 is 0. The number of benzene rings is 7. The van der Waals surface area contributed by atoms with Crippen LogP contribution in [0.1, 0.15) is 20.6 Å². The number of fused-ring (bicyclic) bond motifs is 6. The summed E-state index contributed by atoms with van der Waals surface area (Å²) in [5.74, 6) is -0.0456. The fourth-order valence-electron chi connectivity index (χ4n) is 5.79. The lowest BCUT2D eigenvalue weighted by Gasteiger charge is -2.10. The van der Waals surface area contributed by atoms with Gasteiger partial charge in [-0.25, -0.2) is 15.0 Å². The van der Waals surface area contributed by atoms with Crippen molar-refractivity contribution in [1.82, 2.24) is 15.0 Å². The van der Waals surface area contributed by atoms with Crippen LogP contribution in [-0.2, 0) is 0 Å². The maximum atomic E-state index is 9.58. The Morgan fingerprint density at radius 3 is 1.78 bits per heavy atom. The molecule has 0 spiro atoms. The van der Waals surface area contributed by atoms with Crippen LogP contribution in [0.5, 0.6) is 0 Å². The minimum atomic E-state index is -0.850. The molecule has 0 N–H and O–H groups in total. The molecule has 234 valence electrons. The molecule has 10 rings (SSSR count). The van der Waals surface area contributed by atoms with Gasteiger partial charge in [-0.3, -0.25) is 0 Å². The molecule has 50 heavy (non-hydrogen) atoms. The lowest BCUT2D eigenvalue weighted by atomic mass is 9.97. The maximum Gasteiger partial charge on any atom is 0.164 e. The van der Waals surface area contributed by atoms with Crippen molar-refractivity contribution in [3.05, 3.63) is 163 Å². The average molecular weight is 657 g/mol. The molecule has 5 nitrogen and oxygen atoms in total. The molecule has 0 aliphatic carbocycles. The van der Waals surface area contributed by atoms with E-state index in [2.05, 4.69) is 4.98 Å². The molecular formula is C45H27N3O2. The van der Waals surface area contributed by atoms with Gasteiger partial charge in [0.25, 0.3) is 0 Å². The smallest absolute Gasteiger partial charge is 0.164 e. The van der Waals surface area contributed by atoms with Gasteiger partial charge in [-0.2, -0.15) is 0 Å². The summed E-state index contributed by atoms with van der Waals surface area (Å²) in [5, 5.41) is 1.20. The first kappa shape index (κ1) is 17.0. The SMILES string of the molecule is [2H]c1c([2H])c(-c2nc(-c3ccccc3)nc(-c3ccc4c(c3)oc3ccccc34)n2)c([2H])c(-c2c([2H])c([2H])c([2H])c(-c3c([2H])c([2H])c4c(oc5c([2H])c([2H])c([2H])c([2H])c54)c3[2H])c2[2H])c1[2H]. The van der Waals surface area contributed by atoms with Crippen LogP contribution in [0.2, 0.25) is 0 Å². The van der Waals surface area contributed by atoms with Crippen molar-refractivity contribution in [2.45, 2.75) is 0 Å². The van der Waals surface area contributed by atoms with E-state index in [0.29, 0.717) is 22.3 Å². The highest BCUT2D eigenvalue weighted by molar-refractivity contribution is 6.06. The zero-order chi connectivity index (χ0) is 46.1. The molecule has 3 aromatic heterocycles. The van der Waals surface area contributed by atoms with Crippen molar-refractivity contribution >= 4 is 43.9 Å². The fraction of sp³-hybridized carbons (Fsp3) is 0. The topological polar surface area (TPSA) is 65.0 Å². The highest BCUT2D eigenvalue weighted by atomic mass is 16.3. The van der Waals surface area contributed by atoms with E-state index < -0.39 is 118 Å². The van der Waals surface area contributed by atoms with E-state index >= 15 is 0 Å². The molecule has 0 aliphatic rings. The monoisotopic (exact) mass is 656 g/mol. The van der Waals surface area contributed by atoms with Gasteiger partial charge in [0.15, 0.2) is 17.5 Å². The van der Waals surface area contributed by atoms with Crippen LogP contribution in [0.3, 0.4) is 0 Å². The zero-order valence-corrected chi connectivity index (χ0v) is 25.6. The Labute approximate surface area is 308 Å². The minimum Gasteiger partial charge on any atom is -0.456 e. The van der Waals surface area contributed by atoms with Crippen LogP contribution in [0.4, 0.5) is 0 Å². The van der Waals surface area contributed by atoms with Gasteiger partial charge in [-0.05, 0) is 70.7 Å². The Morgan fingerprint density at radius 2 is 0.960 bits per heavy atom. The first-order valence-corrected chi connectivity index (χ1v) is 15.4. The van der Waals surface area contributed by atoms with Crippen molar-refractivity contribution < 1.29 is 29.4 Å². The van der Waals surface area contributed by atoms with Crippen LogP contribution in [0.15, 0.2) is 172 Å². The quantitative estimate of drug-likeness (QED) is 0.184. The molecule has 0 unspecified atom stereocenters. The van der Waals surface area contributed by atoms with Gasteiger partial charge in [0.05, 0.1) is 20.6 Å². The van der Waals surface area contributed by atoms with E-state index in [0.717, 1.165) is 10.8 Å². The Balaban J connectivity index is 1.23. The second-order valence-electron chi connectivity index (χ2n) is 11.2. The van der Waals surface area contributed by atoms with Crippen LogP contribution in [-0.4, -0.2) is 15.0 Å². The van der Waals surface area contributed by atoms with E-state index in [1.54, 1.807) is 42.5 Å². The Morgan fingerprint density at radius 1 is 0.360 bits per heavy atom. The van der Waals surface area contributed by atoms with Gasteiger partial charge in [-0.1, -0.05) is 115 Å². The maximum absolute atomic E-state index is 9.58. The van der Waals surface area contributed by atoms with Crippen LogP contribution < -0.4 is 0 Å². The number of furan rings is 2. The van der Waals surface area contributed by atoms with E-state index in [1.165, 1.54) is 0 Å². The summed E-state index contributed by atoms with van der Waals surface area (Å²) in [4.78, 5) is 14.1. The summed E-state index contributed by atoms with van der Waals surface area (Å²) in [6, 6.07) is 10.9. The Hall–Kier alpha value is -6.85. The van der Waals surface area contributed by atoms with Gasteiger partial charge in [0.1, 0.15) is 22.3 Å². The molecule has 0 fully saturated rings. The number of hydrogen-bond donors (Lipinski definition) is 0. The lowest BCUT2D eigenvalue weighted by molar-refractivity contribution is 0.668. The van der Waals surface area contributed by atoms with E-state index in [4.69, 9.17) is 35.3 Å². The minimum absolute atomic E-state index is 0.0980. The Kier molecular flexibility index (Phi) is 3.87. The average Bonchev–Trinajstić information content (AvgIpc) is 3.90. The summed E-state index contributed by atoms with van der Waals surface area (Å²) < 4.78 is 145. The molecule has 0 saturated carbocycles. The van der Waals surface area contributed by atoms with Gasteiger partial charge in [-0.15, -0.1) is 0 Å². The van der Waals surface area contributed by atoms with Crippen LogP contribution in [0, 0.1) is 0 Å². The third-order valence-corrected chi connectivity index (χ3v) is 8.16. The molecule has 0 atom stereocenters. The van der Waals surface area contributed by atoms with Crippen molar-refractivity contribution in [3.8, 4) is 56.4 Å². The molecule has 0 saturated heterocycles. The van der Waals surface area contributed by atoms with Gasteiger partial charge in [0, 0.05) is 38.2 Å². The number of aromatic nitrogens is 3. The first-order chi connectivity index (χ1) is 31.0. The van der Waals surface area contributed by atoms with Crippen LogP contribution in [0.25, 0.3) is 100 Å². The molecular weight excluding hydrogens is 615 g/mol. The summed E-state index contributed by atoms with van der Waals surface area (Å²) in [6.45, 7) is 0. The highest BCUT2D eigenvalue weighted by Gasteiger charge is 2.15. The standard InChI is InChI=1S/C45H27N3O2/c1-2-10-28(11-3-1)43-46-44(48-45(47-43)34-21-23-38-36-17-5-7-19-40(36)50-42(38)27-34)33-15-9-14-31(25-33)29-12-8-13-30(24-29)32-20-22-37-35-16-4-6-18-39(35)49-41(37)26-32/h1-27H/i4D,6D,8D,9D,12D,13D,14D,15D,16D,18D,20D,22D,24D,25D,26D. The third kappa shape index (κ3) is 4.83. The molecule has 10 aromatic rings. The van der Waals surface area contributed by atoms with Crippen molar-refractivity contribution in [2.75, 3.05) is 0 Å². The number of hydrogen-bond acceptors (Lipinski definition) is 5. The number of rotatable bonds is 5. The summed E-state index contributed by atoms with van der Waals surface area (Å²) in [5.41, 5.74) is -1.42. The first-order valence-electron chi connectivity index (χ1n) is 22.9. The van der Waals surface area contributed by atoms with Crippen molar-refractivity contribution in [2.24, 2.45) is 0 Å². The highest BCUT2D eigenvalue weighted by Crippen LogP contribution is 2.35. The predicted molar refractivity (Wildman–Crippen MR) is 202 cm³/mol. The van der Waals surface area contributed by atoms with Gasteiger partial charge in [0.2, 0.25) is 0 Å². The second kappa shape index (κ2) is 11.4. The summed E-state index contributed by atoms with van der Waals surface area (Å²) in [7, 11) is 0. The van der Waals surface area contributed by atoms with E-state index in [-0.39, 0.29) is 39.4 Å². The molecule has 0 amide bonds. The van der Waals surface area contributed by atoms with Gasteiger partial charge >= 0.3 is 0 Å². The van der Waals surface area contributed by atoms with Crippen molar-refractivity contribution in [3.63, 3.8) is 0 Å². The Bertz CT molecular complexity index is 3740. The summed E-state index contributed by atoms with van der Waals surface area (Å²) in [6.07, 6.45) is 0. The van der Waals surface area contributed by atoms with Crippen molar-refractivity contribution in [1.29, 1.82) is 0 Å². The van der Waals surface area contributed by atoms with Gasteiger partial charge < -0.3 is 8.83 Å². The predicted octanol–water partition coefficient (Wildman–Crippen LogP) is 12.0. The molecule has 7 aromatic carbocycles. The molecule has 3 heterocycles. The lowest BCUT2D eigenvalue weighted by Crippen LogP contribution is -2.00. The molecule has 5 heteroatoms. The van der Waals surface area contributed by atoms with Crippen LogP contribution >= 0.6 is 0 Å². The second-order valence-corrected chi connectivity index (χ2v) is 11.2. The molecule has 0 radical (unpaired) electrons. The largest absolute Gasteiger partial charge is 0.456 e. The molecule has 0 bridgehead atoms. The fourth-order valence-corrected chi connectivity index (χ4v) is 5.79. The number of nitrogens with zero attached hydrogens (tertiary/aromatic N) is 3. The normalized spacial score (nSPS) is 15.8.